The van der Waals surface area contributed by atoms with Crippen LogP contribution in [0, 0.1) is 11.8 Å². The van der Waals surface area contributed by atoms with Crippen LogP contribution in [-0.2, 0) is 14.3 Å². The van der Waals surface area contributed by atoms with E-state index in [1.165, 1.54) is 0 Å². The van der Waals surface area contributed by atoms with Crippen molar-refractivity contribution in [1.82, 2.24) is 0 Å². The fourth-order valence-electron chi connectivity index (χ4n) is 3.78. The summed E-state index contributed by atoms with van der Waals surface area (Å²) in [7, 11) is 1.56. The Hall–Kier alpha value is -2.34. The standard InChI is InChI=1S/C16H15NO5/c1-21-10-4-2-3-9(7-10)17-8-16-6-5-11(22-16)12(15(19)20)13(16)14(17)18/h2-7,11-13H,8H2,1H3,(H,19,20)/t11-,12-,13+,16-/m1/s1. The summed E-state index contributed by atoms with van der Waals surface area (Å²) in [5, 5.41) is 9.43. The number of nitrogens with zero attached hydrogens (tertiary/aromatic N) is 1. The van der Waals surface area contributed by atoms with E-state index in [2.05, 4.69) is 0 Å². The quantitative estimate of drug-likeness (QED) is 0.845. The Labute approximate surface area is 126 Å². The number of hydrogen-bond acceptors (Lipinski definition) is 4. The molecule has 2 fully saturated rings. The summed E-state index contributed by atoms with van der Waals surface area (Å²) >= 11 is 0. The van der Waals surface area contributed by atoms with Gasteiger partial charge in [-0.05, 0) is 12.1 Å². The van der Waals surface area contributed by atoms with Gasteiger partial charge in [0.05, 0.1) is 25.7 Å². The lowest BCUT2D eigenvalue weighted by Crippen LogP contribution is -2.39. The van der Waals surface area contributed by atoms with Gasteiger partial charge in [-0.3, -0.25) is 9.59 Å². The molecule has 1 aromatic rings. The molecule has 0 aromatic heterocycles. The zero-order valence-corrected chi connectivity index (χ0v) is 11.9. The van der Waals surface area contributed by atoms with Crippen LogP contribution < -0.4 is 9.64 Å². The molecule has 22 heavy (non-hydrogen) atoms. The molecule has 4 rings (SSSR count). The maximum atomic E-state index is 12.8. The van der Waals surface area contributed by atoms with Crippen LogP contribution >= 0.6 is 0 Å². The van der Waals surface area contributed by atoms with Crippen molar-refractivity contribution >= 4 is 17.6 Å². The maximum Gasteiger partial charge on any atom is 0.310 e. The Morgan fingerprint density at radius 2 is 2.32 bits per heavy atom. The molecule has 0 unspecified atom stereocenters. The molecule has 6 heteroatoms. The predicted octanol–water partition coefficient (Wildman–Crippen LogP) is 1.07. The van der Waals surface area contributed by atoms with Crippen molar-refractivity contribution in [2.75, 3.05) is 18.6 Å². The number of carbonyl (C=O) groups excluding carboxylic acids is 1. The third-order valence-electron chi connectivity index (χ3n) is 4.75. The molecule has 1 amide bonds. The summed E-state index contributed by atoms with van der Waals surface area (Å²) in [5.74, 6) is -2.01. The van der Waals surface area contributed by atoms with E-state index < -0.39 is 29.5 Å². The van der Waals surface area contributed by atoms with Crippen LogP contribution in [0.25, 0.3) is 0 Å². The molecule has 1 N–H and O–H groups in total. The van der Waals surface area contributed by atoms with Gasteiger partial charge in [-0.1, -0.05) is 18.2 Å². The van der Waals surface area contributed by atoms with Gasteiger partial charge in [0.15, 0.2) is 0 Å². The van der Waals surface area contributed by atoms with E-state index >= 15 is 0 Å². The van der Waals surface area contributed by atoms with Gasteiger partial charge in [0.2, 0.25) is 5.91 Å². The van der Waals surface area contributed by atoms with Crippen LogP contribution in [0.5, 0.6) is 5.75 Å². The Bertz CT molecular complexity index is 700. The van der Waals surface area contributed by atoms with Crippen LogP contribution in [0.1, 0.15) is 0 Å². The van der Waals surface area contributed by atoms with Crippen LogP contribution in [0.2, 0.25) is 0 Å². The number of carboxylic acid groups (broad SMARTS) is 1. The van der Waals surface area contributed by atoms with Gasteiger partial charge in [0, 0.05) is 11.8 Å². The Balaban J connectivity index is 1.73. The number of aliphatic carboxylic acids is 1. The van der Waals surface area contributed by atoms with Gasteiger partial charge in [0.1, 0.15) is 17.3 Å². The molecule has 2 bridgehead atoms. The smallest absolute Gasteiger partial charge is 0.310 e. The van der Waals surface area contributed by atoms with Crippen LogP contribution in [0.4, 0.5) is 5.69 Å². The van der Waals surface area contributed by atoms with Crippen molar-refractivity contribution in [3.63, 3.8) is 0 Å². The lowest BCUT2D eigenvalue weighted by Gasteiger charge is -2.21. The molecule has 6 nitrogen and oxygen atoms in total. The zero-order chi connectivity index (χ0) is 15.5. The highest BCUT2D eigenvalue weighted by molar-refractivity contribution is 6.02. The molecule has 0 saturated carbocycles. The summed E-state index contributed by atoms with van der Waals surface area (Å²) in [6, 6.07) is 7.17. The van der Waals surface area contributed by atoms with E-state index in [1.807, 2.05) is 12.1 Å². The molecular weight excluding hydrogens is 286 g/mol. The van der Waals surface area contributed by atoms with Crippen LogP contribution in [0.3, 0.4) is 0 Å². The third-order valence-corrected chi connectivity index (χ3v) is 4.75. The average Bonchev–Trinajstić information content (AvgIpc) is 3.15. The fourth-order valence-corrected chi connectivity index (χ4v) is 3.78. The number of carboxylic acids is 1. The van der Waals surface area contributed by atoms with Crippen molar-refractivity contribution in [1.29, 1.82) is 0 Å². The first kappa shape index (κ1) is 13.3. The molecule has 3 aliphatic heterocycles. The second-order valence-electron chi connectivity index (χ2n) is 5.86. The third kappa shape index (κ3) is 1.58. The molecule has 3 aliphatic rings. The molecular formula is C16H15NO5. The molecule has 1 aromatic carbocycles. The summed E-state index contributed by atoms with van der Waals surface area (Å²) in [6.45, 7) is 0.334. The minimum Gasteiger partial charge on any atom is -0.497 e. The monoisotopic (exact) mass is 301 g/mol. The molecule has 3 heterocycles. The topological polar surface area (TPSA) is 76.1 Å². The lowest BCUT2D eigenvalue weighted by atomic mass is 9.77. The molecule has 1 spiro atoms. The summed E-state index contributed by atoms with van der Waals surface area (Å²) in [5.41, 5.74) is -0.119. The Morgan fingerprint density at radius 1 is 1.50 bits per heavy atom. The van der Waals surface area contributed by atoms with Crippen molar-refractivity contribution in [2.24, 2.45) is 11.8 Å². The van der Waals surface area contributed by atoms with Crippen LogP contribution in [0.15, 0.2) is 36.4 Å². The van der Waals surface area contributed by atoms with Crippen molar-refractivity contribution in [2.45, 2.75) is 11.7 Å². The largest absolute Gasteiger partial charge is 0.497 e. The van der Waals surface area contributed by atoms with Gasteiger partial charge >= 0.3 is 5.97 Å². The minimum absolute atomic E-state index is 0.201. The SMILES string of the molecule is COc1cccc(N2C[C@@]34C=C[C@@H](O3)[C@@H](C(=O)O)[C@H]4C2=O)c1. The van der Waals surface area contributed by atoms with Gasteiger partial charge in [-0.2, -0.15) is 0 Å². The second kappa shape index (κ2) is 4.33. The van der Waals surface area contributed by atoms with Gasteiger partial charge < -0.3 is 19.5 Å². The Morgan fingerprint density at radius 3 is 3.05 bits per heavy atom. The summed E-state index contributed by atoms with van der Waals surface area (Å²) in [6.07, 6.45) is 3.11. The number of rotatable bonds is 3. The van der Waals surface area contributed by atoms with Gasteiger partial charge in [0.25, 0.3) is 0 Å². The number of ether oxygens (including phenoxy) is 2. The van der Waals surface area contributed by atoms with E-state index in [0.717, 1.165) is 0 Å². The highest BCUT2D eigenvalue weighted by atomic mass is 16.5. The highest BCUT2D eigenvalue weighted by Crippen LogP contribution is 2.52. The first-order chi connectivity index (χ1) is 10.6. The van der Waals surface area contributed by atoms with Crippen molar-refractivity contribution < 1.29 is 24.2 Å². The molecule has 4 atom stereocenters. The predicted molar refractivity (Wildman–Crippen MR) is 76.7 cm³/mol. The normalized spacial score (nSPS) is 35.0. The van der Waals surface area contributed by atoms with E-state index in [0.29, 0.717) is 18.0 Å². The number of methoxy groups -OCH3 is 1. The number of benzene rings is 1. The highest BCUT2D eigenvalue weighted by Gasteiger charge is 2.67. The first-order valence-corrected chi connectivity index (χ1v) is 7.11. The molecule has 0 aliphatic carbocycles. The summed E-state index contributed by atoms with van der Waals surface area (Å²) in [4.78, 5) is 25.9. The fraction of sp³-hybridized carbons (Fsp3) is 0.375. The maximum absolute atomic E-state index is 12.8. The van der Waals surface area contributed by atoms with E-state index in [4.69, 9.17) is 9.47 Å². The zero-order valence-electron chi connectivity index (χ0n) is 11.9. The van der Waals surface area contributed by atoms with Gasteiger partial charge in [-0.15, -0.1) is 0 Å². The van der Waals surface area contributed by atoms with E-state index in [9.17, 15) is 14.7 Å². The molecule has 0 radical (unpaired) electrons. The van der Waals surface area contributed by atoms with E-state index in [-0.39, 0.29) is 5.91 Å². The van der Waals surface area contributed by atoms with Crippen molar-refractivity contribution in [3.05, 3.63) is 36.4 Å². The van der Waals surface area contributed by atoms with Gasteiger partial charge in [-0.25, -0.2) is 0 Å². The Kier molecular flexibility index (Phi) is 2.62. The van der Waals surface area contributed by atoms with E-state index in [1.54, 1.807) is 36.3 Å². The summed E-state index contributed by atoms with van der Waals surface area (Å²) < 4.78 is 11.0. The van der Waals surface area contributed by atoms with Crippen LogP contribution in [-0.4, -0.2) is 42.3 Å². The number of carbonyl (C=O) groups is 2. The number of hydrogen-bond donors (Lipinski definition) is 1. The lowest BCUT2D eigenvalue weighted by molar-refractivity contribution is -0.146. The molecule has 2 saturated heterocycles. The number of anilines is 1. The average molecular weight is 301 g/mol. The van der Waals surface area contributed by atoms with Crippen molar-refractivity contribution in [3.8, 4) is 5.75 Å². The minimum atomic E-state index is -0.984. The second-order valence-corrected chi connectivity index (χ2v) is 5.86. The molecule has 114 valence electrons. The number of amides is 1. The first-order valence-electron chi connectivity index (χ1n) is 7.11. The number of fused-ring (bicyclic) bond motifs is 1.